The Kier molecular flexibility index (Phi) is 6.26. The van der Waals surface area contributed by atoms with Gasteiger partial charge in [-0.15, -0.1) is 0 Å². The van der Waals surface area contributed by atoms with E-state index in [1.807, 2.05) is 44.6 Å². The molecule has 2 aromatic rings. The molecule has 1 fully saturated rings. The average molecular weight is 370 g/mol. The summed E-state index contributed by atoms with van der Waals surface area (Å²) in [6.07, 6.45) is 6.36. The molecule has 0 aromatic carbocycles. The zero-order valence-corrected chi connectivity index (χ0v) is 17.0. The van der Waals surface area contributed by atoms with Crippen molar-refractivity contribution >= 4 is 11.6 Å². The Morgan fingerprint density at radius 1 is 1.22 bits per heavy atom. The SMILES string of the molecule is Cc1nn(C)c(C)c1C[C@H](C)C(=O)Nc1ccc(CN2CCCCC2)nc1. The highest BCUT2D eigenvalue weighted by atomic mass is 16.1. The second kappa shape index (κ2) is 8.65. The molecule has 0 unspecified atom stereocenters. The highest BCUT2D eigenvalue weighted by molar-refractivity contribution is 5.92. The summed E-state index contributed by atoms with van der Waals surface area (Å²) >= 11 is 0. The molecule has 1 amide bonds. The van der Waals surface area contributed by atoms with Crippen molar-refractivity contribution in [2.75, 3.05) is 18.4 Å². The molecule has 0 radical (unpaired) electrons. The summed E-state index contributed by atoms with van der Waals surface area (Å²) < 4.78 is 1.88. The third kappa shape index (κ3) is 4.95. The number of carbonyl (C=O) groups excluding carboxylic acids is 1. The lowest BCUT2D eigenvalue weighted by atomic mass is 9.99. The molecule has 1 saturated heterocycles. The highest BCUT2D eigenvalue weighted by Crippen LogP contribution is 2.19. The van der Waals surface area contributed by atoms with Crippen molar-refractivity contribution in [3.63, 3.8) is 0 Å². The van der Waals surface area contributed by atoms with Crippen LogP contribution < -0.4 is 5.32 Å². The van der Waals surface area contributed by atoms with E-state index in [1.54, 1.807) is 6.20 Å². The van der Waals surface area contributed by atoms with Crippen molar-refractivity contribution in [3.05, 3.63) is 41.0 Å². The van der Waals surface area contributed by atoms with Gasteiger partial charge in [-0.05, 0) is 63.9 Å². The standard InChI is InChI=1S/C21H31N5O/c1-15(12-20-16(2)24-25(4)17(20)3)21(27)23-18-8-9-19(22-13-18)14-26-10-6-5-7-11-26/h8-9,13,15H,5-7,10-12,14H2,1-4H3,(H,23,27)/t15-/m0/s1. The lowest BCUT2D eigenvalue weighted by molar-refractivity contribution is -0.119. The van der Waals surface area contributed by atoms with Crippen LogP contribution in [0.25, 0.3) is 0 Å². The van der Waals surface area contributed by atoms with E-state index in [1.165, 1.54) is 19.3 Å². The molecule has 0 aliphatic carbocycles. The summed E-state index contributed by atoms with van der Waals surface area (Å²) in [6, 6.07) is 3.97. The molecule has 3 rings (SSSR count). The van der Waals surface area contributed by atoms with Gasteiger partial charge in [-0.25, -0.2) is 0 Å². The monoisotopic (exact) mass is 369 g/mol. The fourth-order valence-electron chi connectivity index (χ4n) is 3.72. The van der Waals surface area contributed by atoms with Gasteiger partial charge in [-0.1, -0.05) is 13.3 Å². The van der Waals surface area contributed by atoms with E-state index in [9.17, 15) is 4.79 Å². The molecule has 6 heteroatoms. The van der Waals surface area contributed by atoms with Gasteiger partial charge in [-0.2, -0.15) is 5.10 Å². The van der Waals surface area contributed by atoms with Crippen LogP contribution in [0.15, 0.2) is 18.3 Å². The van der Waals surface area contributed by atoms with Crippen LogP contribution in [0.2, 0.25) is 0 Å². The molecular formula is C21H31N5O. The van der Waals surface area contributed by atoms with Crippen molar-refractivity contribution < 1.29 is 4.79 Å². The van der Waals surface area contributed by atoms with Gasteiger partial charge in [0.15, 0.2) is 0 Å². The number of pyridine rings is 1. The minimum Gasteiger partial charge on any atom is -0.324 e. The first-order valence-corrected chi connectivity index (χ1v) is 9.91. The normalized spacial score (nSPS) is 16.3. The Morgan fingerprint density at radius 2 is 1.96 bits per heavy atom. The number of likely N-dealkylation sites (tertiary alicyclic amines) is 1. The zero-order valence-electron chi connectivity index (χ0n) is 17.0. The van der Waals surface area contributed by atoms with Crippen LogP contribution in [-0.4, -0.2) is 38.7 Å². The first kappa shape index (κ1) is 19.5. The van der Waals surface area contributed by atoms with Crippen LogP contribution in [-0.2, 0) is 24.8 Å². The summed E-state index contributed by atoms with van der Waals surface area (Å²) in [6.45, 7) is 9.21. The fourth-order valence-corrected chi connectivity index (χ4v) is 3.72. The van der Waals surface area contributed by atoms with Crippen molar-refractivity contribution in [3.8, 4) is 0 Å². The van der Waals surface area contributed by atoms with Crippen LogP contribution in [0.3, 0.4) is 0 Å². The van der Waals surface area contributed by atoms with E-state index in [4.69, 9.17) is 0 Å². The number of aryl methyl sites for hydroxylation is 2. The number of piperidine rings is 1. The molecule has 0 bridgehead atoms. The molecule has 0 saturated carbocycles. The third-order valence-corrected chi connectivity index (χ3v) is 5.54. The topological polar surface area (TPSA) is 63.1 Å². The third-order valence-electron chi connectivity index (χ3n) is 5.54. The first-order valence-electron chi connectivity index (χ1n) is 9.91. The van der Waals surface area contributed by atoms with Gasteiger partial charge in [0.05, 0.1) is 23.3 Å². The molecule has 1 aliphatic heterocycles. The van der Waals surface area contributed by atoms with Crippen molar-refractivity contribution in [1.29, 1.82) is 0 Å². The van der Waals surface area contributed by atoms with Gasteiger partial charge in [0.1, 0.15) is 0 Å². The second-order valence-electron chi connectivity index (χ2n) is 7.74. The van der Waals surface area contributed by atoms with Crippen LogP contribution in [0.1, 0.15) is 48.8 Å². The van der Waals surface area contributed by atoms with Gasteiger partial charge < -0.3 is 5.32 Å². The van der Waals surface area contributed by atoms with Crippen LogP contribution in [0.4, 0.5) is 5.69 Å². The van der Waals surface area contributed by atoms with Crippen molar-refractivity contribution in [2.24, 2.45) is 13.0 Å². The largest absolute Gasteiger partial charge is 0.324 e. The maximum atomic E-state index is 12.6. The maximum Gasteiger partial charge on any atom is 0.227 e. The maximum absolute atomic E-state index is 12.6. The van der Waals surface area contributed by atoms with Crippen molar-refractivity contribution in [1.82, 2.24) is 19.7 Å². The lowest BCUT2D eigenvalue weighted by Gasteiger charge is -2.25. The van der Waals surface area contributed by atoms with Crippen LogP contribution in [0, 0.1) is 19.8 Å². The number of nitrogens with zero attached hydrogens (tertiary/aromatic N) is 4. The van der Waals surface area contributed by atoms with Gasteiger partial charge in [-0.3, -0.25) is 19.4 Å². The molecule has 2 aromatic heterocycles. The number of rotatable bonds is 6. The van der Waals surface area contributed by atoms with Gasteiger partial charge in [0, 0.05) is 25.2 Å². The van der Waals surface area contributed by atoms with E-state index in [2.05, 4.69) is 20.3 Å². The lowest BCUT2D eigenvalue weighted by Crippen LogP contribution is -2.29. The summed E-state index contributed by atoms with van der Waals surface area (Å²) in [5, 5.41) is 7.43. The number of amides is 1. The van der Waals surface area contributed by atoms with E-state index in [-0.39, 0.29) is 11.8 Å². The summed E-state index contributed by atoms with van der Waals surface area (Å²) in [7, 11) is 1.94. The second-order valence-corrected chi connectivity index (χ2v) is 7.74. The summed E-state index contributed by atoms with van der Waals surface area (Å²) in [5.41, 5.74) is 5.10. The molecule has 6 nitrogen and oxygen atoms in total. The summed E-state index contributed by atoms with van der Waals surface area (Å²) in [5.74, 6) is -0.108. The molecule has 3 heterocycles. The Labute approximate surface area is 162 Å². The van der Waals surface area contributed by atoms with E-state index in [0.717, 1.165) is 48.0 Å². The number of anilines is 1. The number of aromatic nitrogens is 3. The van der Waals surface area contributed by atoms with Gasteiger partial charge in [0.25, 0.3) is 0 Å². The first-order chi connectivity index (χ1) is 12.9. The minimum atomic E-state index is -0.125. The van der Waals surface area contributed by atoms with E-state index >= 15 is 0 Å². The Morgan fingerprint density at radius 3 is 2.56 bits per heavy atom. The molecule has 27 heavy (non-hydrogen) atoms. The molecule has 146 valence electrons. The number of carbonyl (C=O) groups is 1. The number of nitrogens with one attached hydrogen (secondary N) is 1. The zero-order chi connectivity index (χ0) is 19.4. The number of hydrogen-bond donors (Lipinski definition) is 1. The molecular weight excluding hydrogens is 338 g/mol. The predicted molar refractivity (Wildman–Crippen MR) is 108 cm³/mol. The Balaban J connectivity index is 1.55. The van der Waals surface area contributed by atoms with Crippen LogP contribution >= 0.6 is 0 Å². The highest BCUT2D eigenvalue weighted by Gasteiger charge is 2.19. The average Bonchev–Trinajstić information content (AvgIpc) is 2.90. The van der Waals surface area contributed by atoms with Gasteiger partial charge in [0.2, 0.25) is 5.91 Å². The molecule has 1 N–H and O–H groups in total. The predicted octanol–water partition coefficient (Wildman–Crippen LogP) is 3.24. The quantitative estimate of drug-likeness (QED) is 0.849. The van der Waals surface area contributed by atoms with E-state index in [0.29, 0.717) is 6.42 Å². The minimum absolute atomic E-state index is 0.0169. The molecule has 1 atom stereocenters. The molecule has 0 spiro atoms. The van der Waals surface area contributed by atoms with Gasteiger partial charge >= 0.3 is 0 Å². The summed E-state index contributed by atoms with van der Waals surface area (Å²) in [4.78, 5) is 19.6. The Bertz CT molecular complexity index is 775. The molecule has 1 aliphatic rings. The smallest absolute Gasteiger partial charge is 0.227 e. The van der Waals surface area contributed by atoms with E-state index < -0.39 is 0 Å². The Hall–Kier alpha value is -2.21. The fraction of sp³-hybridized carbons (Fsp3) is 0.571. The van der Waals surface area contributed by atoms with Crippen LogP contribution in [0.5, 0.6) is 0 Å². The number of hydrogen-bond acceptors (Lipinski definition) is 4. The van der Waals surface area contributed by atoms with Crippen molar-refractivity contribution in [2.45, 2.75) is 53.0 Å².